The monoisotopic (exact) mass is 489 g/mol. The molecule has 0 fully saturated rings. The number of aromatic nitrogens is 2. The molecule has 2 heterocycles. The first-order chi connectivity index (χ1) is 17.9. The average molecular weight is 490 g/mol. The molecular formula is C32H31N3O2. The maximum absolute atomic E-state index is 13.6. The highest BCUT2D eigenvalue weighted by atomic mass is 16.5. The van der Waals surface area contributed by atoms with Gasteiger partial charge in [-0.05, 0) is 54.2 Å². The quantitative estimate of drug-likeness (QED) is 0.329. The van der Waals surface area contributed by atoms with Gasteiger partial charge in [-0.15, -0.1) is 0 Å². The number of carbonyl (C=O) groups is 1. The number of Topliss-reactive ketones (excluding diaryl/α,β-unsaturated/α-hetero) is 1. The predicted octanol–water partition coefficient (Wildman–Crippen LogP) is 6.96. The molecule has 0 saturated heterocycles. The number of aryl methyl sites for hydroxylation is 1. The second-order valence-electron chi connectivity index (χ2n) is 10.8. The molecule has 2 aliphatic rings. The first-order valence-electron chi connectivity index (χ1n) is 12.8. The molecule has 0 unspecified atom stereocenters. The number of rotatable bonds is 5. The molecule has 0 radical (unpaired) electrons. The Labute approximate surface area is 217 Å². The molecule has 4 aromatic rings. The number of benzene rings is 3. The summed E-state index contributed by atoms with van der Waals surface area (Å²) in [5.74, 6) is 1.80. The minimum Gasteiger partial charge on any atom is -0.489 e. The molecule has 5 nitrogen and oxygen atoms in total. The lowest BCUT2D eigenvalue weighted by Gasteiger charge is -2.38. The van der Waals surface area contributed by atoms with Gasteiger partial charge in [-0.2, -0.15) is 5.10 Å². The summed E-state index contributed by atoms with van der Waals surface area (Å²) in [4.78, 5) is 13.6. The van der Waals surface area contributed by atoms with Gasteiger partial charge in [-0.1, -0.05) is 74.5 Å². The van der Waals surface area contributed by atoms with Gasteiger partial charge in [0.15, 0.2) is 5.78 Å². The summed E-state index contributed by atoms with van der Waals surface area (Å²) in [6.45, 7) is 6.88. The SMILES string of the molecule is Cc1nn(-c2ccccc2)c2c1[C@H](c1ccc(OCc3ccccc3)cc1)C1=C(CC(C)(C)CC1=O)N2. The van der Waals surface area contributed by atoms with Crippen LogP contribution in [0.4, 0.5) is 5.82 Å². The van der Waals surface area contributed by atoms with Crippen molar-refractivity contribution in [2.75, 3.05) is 5.32 Å². The summed E-state index contributed by atoms with van der Waals surface area (Å²) in [6.07, 6.45) is 1.37. The van der Waals surface area contributed by atoms with Gasteiger partial charge < -0.3 is 10.1 Å². The van der Waals surface area contributed by atoms with Crippen LogP contribution in [0.3, 0.4) is 0 Å². The van der Waals surface area contributed by atoms with Crippen LogP contribution in [0.5, 0.6) is 5.75 Å². The highest BCUT2D eigenvalue weighted by Crippen LogP contribution is 2.50. The third-order valence-corrected chi connectivity index (χ3v) is 7.34. The summed E-state index contributed by atoms with van der Waals surface area (Å²) < 4.78 is 8.01. The van der Waals surface area contributed by atoms with Crippen molar-refractivity contribution in [1.29, 1.82) is 0 Å². The van der Waals surface area contributed by atoms with Gasteiger partial charge in [0.25, 0.3) is 0 Å². The van der Waals surface area contributed by atoms with E-state index in [9.17, 15) is 4.79 Å². The lowest BCUT2D eigenvalue weighted by atomic mass is 9.69. The minimum absolute atomic E-state index is 0.0905. The first-order valence-corrected chi connectivity index (χ1v) is 12.8. The van der Waals surface area contributed by atoms with Gasteiger partial charge in [0.05, 0.1) is 11.4 Å². The van der Waals surface area contributed by atoms with E-state index in [1.807, 2.05) is 60.1 Å². The first kappa shape index (κ1) is 23.3. The lowest BCUT2D eigenvalue weighted by molar-refractivity contribution is -0.118. The second kappa shape index (κ2) is 9.07. The van der Waals surface area contributed by atoms with Gasteiger partial charge in [-0.25, -0.2) is 4.68 Å². The van der Waals surface area contributed by atoms with Crippen molar-refractivity contribution in [2.24, 2.45) is 5.41 Å². The van der Waals surface area contributed by atoms with E-state index in [1.165, 1.54) is 0 Å². The summed E-state index contributed by atoms with van der Waals surface area (Å²) in [6, 6.07) is 28.5. The molecule has 1 aromatic heterocycles. The van der Waals surface area contributed by atoms with E-state index in [0.29, 0.717) is 13.0 Å². The number of allylic oxidation sites excluding steroid dienone is 2. The Morgan fingerprint density at radius 2 is 1.62 bits per heavy atom. The van der Waals surface area contributed by atoms with E-state index >= 15 is 0 Å². The number of anilines is 1. The largest absolute Gasteiger partial charge is 0.489 e. The highest BCUT2D eigenvalue weighted by Gasteiger charge is 2.43. The lowest BCUT2D eigenvalue weighted by Crippen LogP contribution is -2.34. The summed E-state index contributed by atoms with van der Waals surface area (Å²) in [7, 11) is 0. The number of fused-ring (bicyclic) bond motifs is 1. The third kappa shape index (κ3) is 4.35. The third-order valence-electron chi connectivity index (χ3n) is 7.34. The van der Waals surface area contributed by atoms with Gasteiger partial charge in [0.2, 0.25) is 0 Å². The van der Waals surface area contributed by atoms with Crippen LogP contribution >= 0.6 is 0 Å². The summed E-state index contributed by atoms with van der Waals surface area (Å²) in [5.41, 5.74) is 6.98. The van der Waals surface area contributed by atoms with E-state index in [-0.39, 0.29) is 17.1 Å². The van der Waals surface area contributed by atoms with Gasteiger partial charge >= 0.3 is 0 Å². The fourth-order valence-corrected chi connectivity index (χ4v) is 5.66. The minimum atomic E-state index is -0.171. The molecule has 3 aromatic carbocycles. The van der Waals surface area contributed by atoms with E-state index in [0.717, 1.165) is 57.3 Å². The normalized spacial score (nSPS) is 18.1. The Hall–Kier alpha value is -4.12. The van der Waals surface area contributed by atoms with Crippen LogP contribution in [0.1, 0.15) is 55.0 Å². The van der Waals surface area contributed by atoms with E-state index < -0.39 is 0 Å². The maximum Gasteiger partial charge on any atom is 0.162 e. The summed E-state index contributed by atoms with van der Waals surface area (Å²) >= 11 is 0. The molecule has 186 valence electrons. The smallest absolute Gasteiger partial charge is 0.162 e. The van der Waals surface area contributed by atoms with Crippen LogP contribution in [-0.2, 0) is 11.4 Å². The molecule has 0 bridgehead atoms. The highest BCUT2D eigenvalue weighted by molar-refractivity contribution is 6.01. The molecule has 0 amide bonds. The molecule has 6 rings (SSSR count). The zero-order valence-corrected chi connectivity index (χ0v) is 21.5. The number of para-hydroxylation sites is 1. The molecule has 1 aliphatic heterocycles. The zero-order chi connectivity index (χ0) is 25.6. The van der Waals surface area contributed by atoms with Crippen molar-refractivity contribution >= 4 is 11.6 Å². The van der Waals surface area contributed by atoms with Crippen molar-refractivity contribution in [1.82, 2.24) is 9.78 Å². The molecule has 5 heteroatoms. The Bertz CT molecular complexity index is 1480. The molecule has 1 atom stereocenters. The van der Waals surface area contributed by atoms with Crippen molar-refractivity contribution in [2.45, 2.75) is 46.1 Å². The van der Waals surface area contributed by atoms with Crippen molar-refractivity contribution < 1.29 is 9.53 Å². The Morgan fingerprint density at radius 1 is 0.946 bits per heavy atom. The molecule has 37 heavy (non-hydrogen) atoms. The van der Waals surface area contributed by atoms with Gasteiger partial charge in [-0.3, -0.25) is 4.79 Å². The summed E-state index contributed by atoms with van der Waals surface area (Å²) in [5, 5.41) is 8.59. The Kier molecular flexibility index (Phi) is 5.71. The van der Waals surface area contributed by atoms with Crippen molar-refractivity contribution in [3.8, 4) is 11.4 Å². The number of nitrogens with one attached hydrogen (secondary N) is 1. The van der Waals surface area contributed by atoms with Crippen LogP contribution < -0.4 is 10.1 Å². The standard InChI is InChI=1S/C32H31N3O2/c1-21-28-29(23-14-16-25(17-15-23)37-20-22-10-6-4-7-11-22)30-26(18-32(2,3)19-27(30)36)33-31(28)35(34-21)24-12-8-5-9-13-24/h4-17,29,33H,18-20H2,1-3H3/t29-/m0/s1. The van der Waals surface area contributed by atoms with Gasteiger partial charge in [0.1, 0.15) is 18.2 Å². The fraction of sp³-hybridized carbons (Fsp3) is 0.250. The second-order valence-corrected chi connectivity index (χ2v) is 10.8. The number of ether oxygens (including phenoxy) is 1. The van der Waals surface area contributed by atoms with Crippen LogP contribution in [0.25, 0.3) is 5.69 Å². The predicted molar refractivity (Wildman–Crippen MR) is 146 cm³/mol. The topological polar surface area (TPSA) is 56.2 Å². The van der Waals surface area contributed by atoms with Gasteiger partial charge in [0, 0.05) is 29.2 Å². The maximum atomic E-state index is 13.6. The number of ketones is 1. The van der Waals surface area contributed by atoms with Crippen molar-refractivity contribution in [3.63, 3.8) is 0 Å². The Morgan fingerprint density at radius 3 is 2.32 bits per heavy atom. The number of nitrogens with zero attached hydrogens (tertiary/aromatic N) is 2. The van der Waals surface area contributed by atoms with Crippen LogP contribution in [0, 0.1) is 12.3 Å². The molecule has 0 spiro atoms. The van der Waals surface area contributed by atoms with E-state index in [1.54, 1.807) is 0 Å². The van der Waals surface area contributed by atoms with E-state index in [4.69, 9.17) is 9.84 Å². The van der Waals surface area contributed by atoms with Crippen LogP contribution in [-0.4, -0.2) is 15.6 Å². The average Bonchev–Trinajstić information content (AvgIpc) is 3.23. The number of hydrogen-bond acceptors (Lipinski definition) is 4. The fourth-order valence-electron chi connectivity index (χ4n) is 5.66. The van der Waals surface area contributed by atoms with Crippen molar-refractivity contribution in [3.05, 3.63) is 119 Å². The molecule has 0 saturated carbocycles. The number of hydrogen-bond donors (Lipinski definition) is 1. The Balaban J connectivity index is 1.41. The van der Waals surface area contributed by atoms with Crippen LogP contribution in [0.15, 0.2) is 96.2 Å². The zero-order valence-electron chi connectivity index (χ0n) is 21.5. The molecule has 1 aliphatic carbocycles. The molecule has 1 N–H and O–H groups in total. The number of carbonyl (C=O) groups excluding carboxylic acids is 1. The van der Waals surface area contributed by atoms with Crippen LogP contribution in [0.2, 0.25) is 0 Å². The molecular weight excluding hydrogens is 458 g/mol. The van der Waals surface area contributed by atoms with E-state index in [2.05, 4.69) is 55.6 Å².